The monoisotopic (exact) mass is 558 g/mol. The van der Waals surface area contributed by atoms with Crippen molar-refractivity contribution in [2.75, 3.05) is 26.0 Å². The average Bonchev–Trinajstić information content (AvgIpc) is 2.96. The fourth-order valence-electron chi connectivity index (χ4n) is 6.62. The molecule has 2 unspecified atom stereocenters. The highest BCUT2D eigenvalue weighted by atomic mass is 19.1. The van der Waals surface area contributed by atoms with Crippen LogP contribution in [0.3, 0.4) is 0 Å². The Labute approximate surface area is 240 Å². The molecule has 0 amide bonds. The summed E-state index contributed by atoms with van der Waals surface area (Å²) in [5.41, 5.74) is 2.07. The Balaban J connectivity index is 1.35. The molecule has 0 saturated heterocycles. The van der Waals surface area contributed by atoms with E-state index in [9.17, 15) is 9.18 Å². The number of aliphatic imine (C=N–C) groups is 1. The van der Waals surface area contributed by atoms with Gasteiger partial charge in [-0.1, -0.05) is 26.8 Å². The molecule has 8 nitrogen and oxygen atoms in total. The lowest BCUT2D eigenvalue weighted by molar-refractivity contribution is -0.108. The third-order valence-corrected chi connectivity index (χ3v) is 9.49. The summed E-state index contributed by atoms with van der Waals surface area (Å²) in [6.45, 7) is 7.95. The summed E-state index contributed by atoms with van der Waals surface area (Å²) in [6.07, 6.45) is 4.63. The molecule has 3 saturated carbocycles. The zero-order valence-corrected chi connectivity index (χ0v) is 24.5. The van der Waals surface area contributed by atoms with E-state index >= 15 is 0 Å². The smallest absolute Gasteiger partial charge is 0.261 e. The molecule has 0 aliphatic heterocycles. The van der Waals surface area contributed by atoms with Crippen LogP contribution in [0.25, 0.3) is 10.9 Å². The molecule has 3 aromatic rings. The van der Waals surface area contributed by atoms with E-state index in [1.54, 1.807) is 18.2 Å². The number of nitrogens with zero attached hydrogens (tertiary/aromatic N) is 5. The number of hydrogen-bond acceptors (Lipinski definition) is 5. The Hall–Kier alpha value is -3.93. The van der Waals surface area contributed by atoms with Gasteiger partial charge in [-0.15, -0.1) is 0 Å². The lowest BCUT2D eigenvalue weighted by Gasteiger charge is -2.61. The number of anilines is 1. The minimum Gasteiger partial charge on any atom is -0.497 e. The van der Waals surface area contributed by atoms with Gasteiger partial charge in [-0.05, 0) is 72.3 Å². The number of halogens is 1. The Morgan fingerprint density at radius 2 is 2.10 bits per heavy atom. The topological polar surface area (TPSA) is 95.5 Å². The van der Waals surface area contributed by atoms with Crippen LogP contribution >= 0.6 is 0 Å². The predicted molar refractivity (Wildman–Crippen MR) is 160 cm³/mol. The van der Waals surface area contributed by atoms with Crippen molar-refractivity contribution in [2.24, 2.45) is 28.2 Å². The lowest BCUT2D eigenvalue weighted by atomic mass is 9.45. The van der Waals surface area contributed by atoms with Crippen LogP contribution in [0.15, 0.2) is 52.5 Å². The Bertz CT molecular complexity index is 1560. The van der Waals surface area contributed by atoms with Crippen LogP contribution in [0.5, 0.6) is 5.75 Å². The first-order valence-corrected chi connectivity index (χ1v) is 14.4. The number of aryl methyl sites for hydroxylation is 2. The molecule has 2 aromatic carbocycles. The molecule has 3 aliphatic rings. The van der Waals surface area contributed by atoms with Gasteiger partial charge in [-0.25, -0.2) is 14.4 Å². The molecular formula is C32H39FN6O2. The molecular weight excluding hydrogens is 519 g/mol. The fraction of sp³-hybridized carbons (Fsp3) is 0.500. The first-order chi connectivity index (χ1) is 19.6. The van der Waals surface area contributed by atoms with E-state index in [2.05, 4.69) is 37.1 Å². The number of methoxy groups -OCH3 is 1. The molecule has 4 atom stereocenters. The zero-order valence-electron chi connectivity index (χ0n) is 24.5. The average molecular weight is 559 g/mol. The highest BCUT2D eigenvalue weighted by Gasteiger charge is 2.56. The number of benzene rings is 2. The molecule has 1 heterocycles. The van der Waals surface area contributed by atoms with Crippen molar-refractivity contribution in [3.63, 3.8) is 0 Å². The van der Waals surface area contributed by atoms with Crippen molar-refractivity contribution in [3.8, 4) is 11.8 Å². The number of rotatable bonds is 8. The second-order valence-electron chi connectivity index (χ2n) is 12.1. The number of guanidine groups is 1. The maximum atomic E-state index is 14.4. The van der Waals surface area contributed by atoms with Gasteiger partial charge in [0.1, 0.15) is 11.6 Å². The van der Waals surface area contributed by atoms with E-state index in [-0.39, 0.29) is 17.4 Å². The normalized spacial score (nSPS) is 23.0. The van der Waals surface area contributed by atoms with Gasteiger partial charge in [0.25, 0.3) is 5.56 Å². The third kappa shape index (κ3) is 5.65. The number of nitrogens with one attached hydrogen (secondary N) is 1. The molecule has 0 spiro atoms. The van der Waals surface area contributed by atoms with Gasteiger partial charge >= 0.3 is 0 Å². The number of ether oxygens (including phenoxy) is 1. The Morgan fingerprint density at radius 3 is 2.78 bits per heavy atom. The van der Waals surface area contributed by atoms with Gasteiger partial charge in [-0.2, -0.15) is 5.26 Å². The number of fused-ring (bicyclic) bond motifs is 3. The zero-order chi connectivity index (χ0) is 29.3. The Morgan fingerprint density at radius 1 is 1.29 bits per heavy atom. The highest BCUT2D eigenvalue weighted by molar-refractivity contribution is 5.95. The maximum absolute atomic E-state index is 14.4. The molecule has 2 bridgehead atoms. The first kappa shape index (κ1) is 28.6. The molecule has 9 heteroatoms. The van der Waals surface area contributed by atoms with Crippen molar-refractivity contribution in [2.45, 2.75) is 59.0 Å². The van der Waals surface area contributed by atoms with E-state index in [0.717, 1.165) is 18.1 Å². The number of hydrogen-bond donors (Lipinski definition) is 1. The van der Waals surface area contributed by atoms with Gasteiger partial charge in [0, 0.05) is 31.9 Å². The van der Waals surface area contributed by atoms with Crippen molar-refractivity contribution in [3.05, 3.63) is 64.5 Å². The maximum Gasteiger partial charge on any atom is 0.261 e. The number of aromatic nitrogens is 2. The first-order valence-electron chi connectivity index (χ1n) is 14.4. The van der Waals surface area contributed by atoms with E-state index in [0.29, 0.717) is 71.3 Å². The van der Waals surface area contributed by atoms with Gasteiger partial charge < -0.3 is 15.0 Å². The third-order valence-electron chi connectivity index (χ3n) is 9.49. The SMILES string of the molecule is COc1ccc(CCn2cnc3cc(NC(=NC4CC5C[C@H]([C@@H]4C)C5(C)C)N(C)CCC#N)ccc3c2=O)c(F)c1. The second kappa shape index (κ2) is 11.5. The largest absolute Gasteiger partial charge is 0.497 e. The van der Waals surface area contributed by atoms with E-state index < -0.39 is 0 Å². The second-order valence-corrected chi connectivity index (χ2v) is 12.1. The summed E-state index contributed by atoms with van der Waals surface area (Å²) in [6, 6.07) is 12.7. The van der Waals surface area contributed by atoms with Gasteiger partial charge in [0.05, 0.1) is 42.9 Å². The minimum absolute atomic E-state index is 0.173. The van der Waals surface area contributed by atoms with Crippen molar-refractivity contribution >= 4 is 22.5 Å². The summed E-state index contributed by atoms with van der Waals surface area (Å²) in [7, 11) is 3.45. The molecule has 41 heavy (non-hydrogen) atoms. The van der Waals surface area contributed by atoms with Crippen LogP contribution < -0.4 is 15.6 Å². The highest BCUT2D eigenvalue weighted by Crippen LogP contribution is 2.61. The molecule has 0 radical (unpaired) electrons. The summed E-state index contributed by atoms with van der Waals surface area (Å²) in [5, 5.41) is 13.1. The lowest BCUT2D eigenvalue weighted by Crippen LogP contribution is -2.56. The van der Waals surface area contributed by atoms with Gasteiger partial charge in [0.2, 0.25) is 0 Å². The van der Waals surface area contributed by atoms with Crippen LogP contribution in [0, 0.1) is 40.3 Å². The molecule has 1 N–H and O–H groups in total. The molecule has 6 rings (SSSR count). The van der Waals surface area contributed by atoms with E-state index in [1.165, 1.54) is 30.5 Å². The van der Waals surface area contributed by atoms with Crippen molar-refractivity contribution in [1.29, 1.82) is 5.26 Å². The van der Waals surface area contributed by atoms with E-state index in [4.69, 9.17) is 15.0 Å². The molecule has 216 valence electrons. The predicted octanol–water partition coefficient (Wildman–Crippen LogP) is 5.47. The quantitative estimate of drug-likeness (QED) is 0.291. The standard InChI is InChI=1S/C32H39FN6O2/c1-20-26-15-22(32(26,2)3)16-28(20)37-31(38(4)13-6-12-34)36-23-8-10-25-29(17-23)35-19-39(30(25)40)14-11-21-7-9-24(41-5)18-27(21)33/h7-10,17-20,22,26,28H,6,11,13-16H2,1-5H3,(H,36,37)/t20-,22?,26+,28?/m0/s1. The van der Waals surface area contributed by atoms with Crippen molar-refractivity contribution in [1.82, 2.24) is 14.5 Å². The molecule has 3 fully saturated rings. The Kier molecular flexibility index (Phi) is 8.03. The summed E-state index contributed by atoms with van der Waals surface area (Å²) >= 11 is 0. The fourth-order valence-corrected chi connectivity index (χ4v) is 6.62. The van der Waals surface area contributed by atoms with E-state index in [1.807, 2.05) is 24.1 Å². The molecule has 3 aliphatic carbocycles. The van der Waals surface area contributed by atoms with Crippen LogP contribution in [-0.2, 0) is 13.0 Å². The minimum atomic E-state index is -0.359. The molecule has 1 aromatic heterocycles. The van der Waals surface area contributed by atoms with Crippen LogP contribution in [-0.4, -0.2) is 47.2 Å². The van der Waals surface area contributed by atoms with Crippen molar-refractivity contribution < 1.29 is 9.13 Å². The van der Waals surface area contributed by atoms with Crippen LogP contribution in [0.2, 0.25) is 0 Å². The van der Waals surface area contributed by atoms with Crippen LogP contribution in [0.4, 0.5) is 10.1 Å². The summed E-state index contributed by atoms with van der Waals surface area (Å²) in [4.78, 5) is 24.9. The number of nitriles is 1. The van der Waals surface area contributed by atoms with Crippen LogP contribution in [0.1, 0.15) is 45.6 Å². The van der Waals surface area contributed by atoms with Gasteiger partial charge in [-0.3, -0.25) is 9.36 Å². The summed E-state index contributed by atoms with van der Waals surface area (Å²) < 4.78 is 21.0. The summed E-state index contributed by atoms with van der Waals surface area (Å²) in [5.74, 6) is 2.68. The van der Waals surface area contributed by atoms with Gasteiger partial charge in [0.15, 0.2) is 5.96 Å².